The molecule has 1 rings (SSSR count). The minimum absolute atomic E-state index is 0.0399. The Morgan fingerprint density at radius 2 is 1.78 bits per heavy atom. The fourth-order valence-corrected chi connectivity index (χ4v) is 2.81. The minimum atomic E-state index is -0.529. The average molecular weight is 326 g/mol. The van der Waals surface area contributed by atoms with E-state index < -0.39 is 5.60 Å². The largest absolute Gasteiger partial charge is 0.444 e. The zero-order valence-corrected chi connectivity index (χ0v) is 15.3. The van der Waals surface area contributed by atoms with E-state index in [9.17, 15) is 9.59 Å². The first-order chi connectivity index (χ1) is 10.8. The number of amides is 2. The Balaban J connectivity index is 2.30. The number of unbranched alkanes of at least 4 members (excludes halogenated alkanes) is 5. The zero-order chi connectivity index (χ0) is 17.3. The van der Waals surface area contributed by atoms with E-state index in [1.807, 2.05) is 20.8 Å². The molecule has 0 radical (unpaired) electrons. The molecule has 0 aromatic rings. The maximum absolute atomic E-state index is 12.3. The van der Waals surface area contributed by atoms with Crippen LogP contribution < -0.4 is 5.32 Å². The molecule has 23 heavy (non-hydrogen) atoms. The van der Waals surface area contributed by atoms with Crippen LogP contribution in [-0.2, 0) is 9.53 Å². The molecule has 0 aromatic carbocycles. The summed E-state index contributed by atoms with van der Waals surface area (Å²) in [7, 11) is 0. The van der Waals surface area contributed by atoms with E-state index in [-0.39, 0.29) is 18.0 Å². The fraction of sp³-hybridized carbons (Fsp3) is 0.889. The monoisotopic (exact) mass is 326 g/mol. The van der Waals surface area contributed by atoms with Gasteiger partial charge in [0.15, 0.2) is 0 Å². The molecule has 134 valence electrons. The van der Waals surface area contributed by atoms with Crippen molar-refractivity contribution in [3.8, 4) is 0 Å². The molecule has 1 saturated heterocycles. The van der Waals surface area contributed by atoms with E-state index in [1.54, 1.807) is 4.90 Å². The topological polar surface area (TPSA) is 58.6 Å². The van der Waals surface area contributed by atoms with Crippen LogP contribution in [0.1, 0.15) is 79.1 Å². The Morgan fingerprint density at radius 1 is 1.13 bits per heavy atom. The third-order valence-corrected chi connectivity index (χ3v) is 4.01. The van der Waals surface area contributed by atoms with Crippen molar-refractivity contribution in [1.29, 1.82) is 0 Å². The van der Waals surface area contributed by atoms with Gasteiger partial charge in [-0.15, -0.1) is 0 Å². The lowest BCUT2D eigenvalue weighted by atomic mass is 10.1. The van der Waals surface area contributed by atoms with E-state index in [0.29, 0.717) is 13.1 Å². The summed E-state index contributed by atoms with van der Waals surface area (Å²) in [5, 5.41) is 2.97. The summed E-state index contributed by atoms with van der Waals surface area (Å²) in [6.07, 6.45) is 8.41. The van der Waals surface area contributed by atoms with Gasteiger partial charge in [-0.2, -0.15) is 0 Å². The van der Waals surface area contributed by atoms with Crippen LogP contribution in [0.25, 0.3) is 0 Å². The molecule has 1 N–H and O–H groups in total. The number of ether oxygens (including phenoxy) is 1. The van der Waals surface area contributed by atoms with Crippen molar-refractivity contribution >= 4 is 12.0 Å². The lowest BCUT2D eigenvalue weighted by Crippen LogP contribution is -2.47. The summed E-state index contributed by atoms with van der Waals surface area (Å²) in [6.45, 7) is 9.03. The Bertz CT molecular complexity index is 377. The van der Waals surface area contributed by atoms with Crippen LogP contribution in [0.5, 0.6) is 0 Å². The summed E-state index contributed by atoms with van der Waals surface area (Å²) in [4.78, 5) is 26.0. The van der Waals surface area contributed by atoms with E-state index in [2.05, 4.69) is 12.2 Å². The zero-order valence-electron chi connectivity index (χ0n) is 15.3. The lowest BCUT2D eigenvalue weighted by molar-refractivity contribution is -0.125. The van der Waals surface area contributed by atoms with Gasteiger partial charge >= 0.3 is 6.09 Å². The van der Waals surface area contributed by atoms with E-state index in [1.165, 1.54) is 25.7 Å². The highest BCUT2D eigenvalue weighted by atomic mass is 16.6. The molecule has 5 nitrogen and oxygen atoms in total. The van der Waals surface area contributed by atoms with Gasteiger partial charge in [-0.25, -0.2) is 4.79 Å². The van der Waals surface area contributed by atoms with Crippen LogP contribution in [-0.4, -0.2) is 41.6 Å². The predicted octanol–water partition coefficient (Wildman–Crippen LogP) is 3.86. The predicted molar refractivity (Wildman–Crippen MR) is 92.3 cm³/mol. The molecule has 0 aromatic heterocycles. The molecular weight excluding hydrogens is 292 g/mol. The summed E-state index contributed by atoms with van der Waals surface area (Å²) >= 11 is 0. The number of carbonyl (C=O) groups is 2. The summed E-state index contributed by atoms with van der Waals surface area (Å²) < 4.78 is 5.39. The number of rotatable bonds is 8. The number of hydrogen-bond acceptors (Lipinski definition) is 3. The van der Waals surface area contributed by atoms with Gasteiger partial charge in [-0.05, 0) is 40.0 Å². The van der Waals surface area contributed by atoms with Crippen LogP contribution in [0.3, 0.4) is 0 Å². The molecule has 0 aliphatic carbocycles. The smallest absolute Gasteiger partial charge is 0.410 e. The van der Waals surface area contributed by atoms with Crippen molar-refractivity contribution in [3.63, 3.8) is 0 Å². The van der Waals surface area contributed by atoms with E-state index in [0.717, 1.165) is 25.7 Å². The molecule has 2 amide bonds. The van der Waals surface area contributed by atoms with Gasteiger partial charge in [0.25, 0.3) is 0 Å². The SMILES string of the molecule is CCCCCCCCNC(=O)C1CCCN1C(=O)OC(C)(C)C. The Labute approximate surface area is 141 Å². The first-order valence-corrected chi connectivity index (χ1v) is 9.12. The lowest BCUT2D eigenvalue weighted by Gasteiger charge is -2.28. The van der Waals surface area contributed by atoms with Gasteiger partial charge < -0.3 is 10.1 Å². The highest BCUT2D eigenvalue weighted by Crippen LogP contribution is 2.21. The molecule has 1 atom stereocenters. The second-order valence-corrected chi connectivity index (χ2v) is 7.39. The molecule has 1 aliphatic rings. The van der Waals surface area contributed by atoms with Crippen molar-refractivity contribution in [3.05, 3.63) is 0 Å². The number of nitrogens with one attached hydrogen (secondary N) is 1. The van der Waals surface area contributed by atoms with Crippen molar-refractivity contribution in [1.82, 2.24) is 10.2 Å². The van der Waals surface area contributed by atoms with Gasteiger partial charge in [-0.3, -0.25) is 9.69 Å². The number of nitrogens with zero attached hydrogens (tertiary/aromatic N) is 1. The first kappa shape index (κ1) is 19.8. The molecule has 1 aliphatic heterocycles. The minimum Gasteiger partial charge on any atom is -0.444 e. The van der Waals surface area contributed by atoms with Gasteiger partial charge in [0, 0.05) is 13.1 Å². The Hall–Kier alpha value is -1.26. The maximum Gasteiger partial charge on any atom is 0.410 e. The normalized spacial score (nSPS) is 18.1. The standard InChI is InChI=1S/C18H34N2O3/c1-5-6-7-8-9-10-13-19-16(21)15-12-11-14-20(15)17(22)23-18(2,3)4/h15H,5-14H2,1-4H3,(H,19,21). The second kappa shape index (κ2) is 9.78. The quantitative estimate of drug-likeness (QED) is 0.689. The Kier molecular flexibility index (Phi) is 8.42. The van der Waals surface area contributed by atoms with Crippen molar-refractivity contribution in [2.24, 2.45) is 0 Å². The third-order valence-electron chi connectivity index (χ3n) is 4.01. The van der Waals surface area contributed by atoms with E-state index in [4.69, 9.17) is 4.74 Å². The number of likely N-dealkylation sites (tertiary alicyclic amines) is 1. The highest BCUT2D eigenvalue weighted by Gasteiger charge is 2.36. The molecule has 0 saturated carbocycles. The average Bonchev–Trinajstić information content (AvgIpc) is 2.94. The van der Waals surface area contributed by atoms with Crippen LogP contribution in [0.15, 0.2) is 0 Å². The highest BCUT2D eigenvalue weighted by molar-refractivity contribution is 5.86. The third kappa shape index (κ3) is 7.71. The number of carbonyl (C=O) groups excluding carboxylic acids is 2. The number of hydrogen-bond donors (Lipinski definition) is 1. The molecule has 5 heteroatoms. The van der Waals surface area contributed by atoms with Gasteiger partial charge in [0.2, 0.25) is 5.91 Å². The molecule has 0 bridgehead atoms. The van der Waals surface area contributed by atoms with Crippen LogP contribution in [0, 0.1) is 0 Å². The molecule has 1 unspecified atom stereocenters. The first-order valence-electron chi connectivity index (χ1n) is 9.12. The molecule has 1 heterocycles. The van der Waals surface area contributed by atoms with Gasteiger partial charge in [0.05, 0.1) is 0 Å². The molecule has 0 spiro atoms. The maximum atomic E-state index is 12.3. The van der Waals surface area contributed by atoms with Gasteiger partial charge in [-0.1, -0.05) is 39.0 Å². The second-order valence-electron chi connectivity index (χ2n) is 7.39. The van der Waals surface area contributed by atoms with E-state index >= 15 is 0 Å². The summed E-state index contributed by atoms with van der Waals surface area (Å²) in [5.74, 6) is -0.0399. The molecular formula is C18H34N2O3. The van der Waals surface area contributed by atoms with Crippen molar-refractivity contribution in [2.75, 3.05) is 13.1 Å². The van der Waals surface area contributed by atoms with Crippen LogP contribution in [0.4, 0.5) is 4.79 Å². The van der Waals surface area contributed by atoms with Crippen molar-refractivity contribution in [2.45, 2.75) is 90.7 Å². The summed E-state index contributed by atoms with van der Waals surface area (Å²) in [5.41, 5.74) is -0.529. The van der Waals surface area contributed by atoms with Crippen LogP contribution in [0.2, 0.25) is 0 Å². The fourth-order valence-electron chi connectivity index (χ4n) is 2.81. The van der Waals surface area contributed by atoms with Crippen LogP contribution >= 0.6 is 0 Å². The molecule has 1 fully saturated rings. The van der Waals surface area contributed by atoms with Crippen molar-refractivity contribution < 1.29 is 14.3 Å². The summed E-state index contributed by atoms with van der Waals surface area (Å²) in [6, 6.07) is -0.370. The Morgan fingerprint density at radius 3 is 2.43 bits per heavy atom. The van der Waals surface area contributed by atoms with Gasteiger partial charge in [0.1, 0.15) is 11.6 Å².